The van der Waals surface area contributed by atoms with Crippen molar-refractivity contribution in [3.05, 3.63) is 71.3 Å². The first-order chi connectivity index (χ1) is 11.3. The summed E-state index contributed by atoms with van der Waals surface area (Å²) in [4.78, 5) is 11.7. The predicted molar refractivity (Wildman–Crippen MR) is 92.4 cm³/mol. The zero-order valence-electron chi connectivity index (χ0n) is 13.5. The third-order valence-corrected chi connectivity index (χ3v) is 4.65. The molecule has 0 aliphatic rings. The standard InChI is InChI=1S/C18H19NO4S/c1-19(21)18(20)12-9-15-5-3-4-6-16(15)13-14-7-10-17(11-8-14)24(2,22)23/h3-12,21H,13H2,1-2H3/b12-9+. The minimum absolute atomic E-state index is 0.288. The molecule has 0 saturated carbocycles. The van der Waals surface area contributed by atoms with Gasteiger partial charge in [0.1, 0.15) is 0 Å². The molecule has 2 aromatic carbocycles. The lowest BCUT2D eigenvalue weighted by atomic mass is 9.99. The third-order valence-electron chi connectivity index (χ3n) is 3.53. The molecular weight excluding hydrogens is 326 g/mol. The molecule has 0 heterocycles. The fourth-order valence-corrected chi connectivity index (χ4v) is 2.83. The van der Waals surface area contributed by atoms with Crippen LogP contribution in [0.15, 0.2) is 59.5 Å². The Labute approximate surface area is 141 Å². The molecule has 2 rings (SSSR count). The van der Waals surface area contributed by atoms with Crippen LogP contribution in [-0.2, 0) is 21.1 Å². The molecule has 0 aromatic heterocycles. The fraction of sp³-hybridized carbons (Fsp3) is 0.167. The summed E-state index contributed by atoms with van der Waals surface area (Å²) in [6.07, 6.45) is 4.73. The lowest BCUT2D eigenvalue weighted by Crippen LogP contribution is -2.19. The smallest absolute Gasteiger partial charge is 0.269 e. The van der Waals surface area contributed by atoms with Crippen molar-refractivity contribution in [3.63, 3.8) is 0 Å². The molecule has 0 spiro atoms. The van der Waals surface area contributed by atoms with E-state index in [0.29, 0.717) is 11.5 Å². The molecule has 0 aliphatic heterocycles. The molecule has 0 atom stereocenters. The van der Waals surface area contributed by atoms with Gasteiger partial charge < -0.3 is 0 Å². The normalized spacial score (nSPS) is 11.6. The number of hydroxylamine groups is 2. The van der Waals surface area contributed by atoms with Gasteiger partial charge in [0, 0.05) is 19.4 Å². The molecule has 1 N–H and O–H groups in total. The summed E-state index contributed by atoms with van der Waals surface area (Å²) >= 11 is 0. The second kappa shape index (κ2) is 7.42. The molecular formula is C18H19NO4S. The number of rotatable bonds is 5. The Balaban J connectivity index is 2.23. The van der Waals surface area contributed by atoms with Gasteiger partial charge in [-0.25, -0.2) is 13.5 Å². The summed E-state index contributed by atoms with van der Waals surface area (Å²) in [5, 5.41) is 9.60. The Morgan fingerprint density at radius 1 is 1.12 bits per heavy atom. The average Bonchev–Trinajstić information content (AvgIpc) is 2.53. The van der Waals surface area contributed by atoms with Crippen LogP contribution in [0.5, 0.6) is 0 Å². The minimum atomic E-state index is -3.20. The molecule has 0 saturated heterocycles. The molecule has 2 aromatic rings. The monoisotopic (exact) mass is 345 g/mol. The zero-order chi connectivity index (χ0) is 17.7. The summed E-state index contributed by atoms with van der Waals surface area (Å²) in [6.45, 7) is 0. The maximum atomic E-state index is 11.5. The topological polar surface area (TPSA) is 74.7 Å². The largest absolute Gasteiger partial charge is 0.286 e. The number of nitrogens with zero attached hydrogens (tertiary/aromatic N) is 1. The van der Waals surface area contributed by atoms with E-state index in [1.165, 1.54) is 19.4 Å². The maximum absolute atomic E-state index is 11.5. The Morgan fingerprint density at radius 3 is 2.33 bits per heavy atom. The van der Waals surface area contributed by atoms with Gasteiger partial charge in [0.05, 0.1) is 4.90 Å². The summed E-state index contributed by atoms with van der Waals surface area (Å²) < 4.78 is 23.0. The fourth-order valence-electron chi connectivity index (χ4n) is 2.20. The van der Waals surface area contributed by atoms with Crippen molar-refractivity contribution >= 4 is 21.8 Å². The van der Waals surface area contributed by atoms with E-state index >= 15 is 0 Å². The SMILES string of the molecule is CN(O)C(=O)/C=C/c1ccccc1Cc1ccc(S(C)(=O)=O)cc1. The van der Waals surface area contributed by atoms with Crippen LogP contribution in [0.3, 0.4) is 0 Å². The number of likely N-dealkylation sites (N-methyl/N-ethyl adjacent to an activating group) is 1. The molecule has 0 radical (unpaired) electrons. The number of amides is 1. The van der Waals surface area contributed by atoms with Gasteiger partial charge in [0.2, 0.25) is 0 Å². The van der Waals surface area contributed by atoms with Crippen LogP contribution >= 0.6 is 0 Å². The minimum Gasteiger partial charge on any atom is -0.286 e. The van der Waals surface area contributed by atoms with Crippen LogP contribution in [0.4, 0.5) is 0 Å². The second-order valence-corrected chi connectivity index (χ2v) is 7.50. The Morgan fingerprint density at radius 2 is 1.75 bits per heavy atom. The number of benzene rings is 2. The van der Waals surface area contributed by atoms with Crippen LogP contribution in [-0.4, -0.2) is 37.9 Å². The highest BCUT2D eigenvalue weighted by atomic mass is 32.2. The van der Waals surface area contributed by atoms with Gasteiger partial charge in [0.25, 0.3) is 5.91 Å². The molecule has 5 nitrogen and oxygen atoms in total. The molecule has 0 unspecified atom stereocenters. The highest BCUT2D eigenvalue weighted by Gasteiger charge is 2.07. The van der Waals surface area contributed by atoms with E-state index in [-0.39, 0.29) is 4.90 Å². The number of carbonyl (C=O) groups is 1. The first-order valence-electron chi connectivity index (χ1n) is 7.29. The molecule has 0 aliphatic carbocycles. The number of carbonyl (C=O) groups excluding carboxylic acids is 1. The first-order valence-corrected chi connectivity index (χ1v) is 9.18. The van der Waals surface area contributed by atoms with Crippen molar-refractivity contribution in [3.8, 4) is 0 Å². The maximum Gasteiger partial charge on any atom is 0.269 e. The summed E-state index contributed by atoms with van der Waals surface area (Å²) in [5.74, 6) is -0.512. The molecule has 1 amide bonds. The van der Waals surface area contributed by atoms with E-state index in [0.717, 1.165) is 16.7 Å². The van der Waals surface area contributed by atoms with Gasteiger partial charge in [0.15, 0.2) is 9.84 Å². The quantitative estimate of drug-likeness (QED) is 0.513. The van der Waals surface area contributed by atoms with E-state index in [1.54, 1.807) is 30.3 Å². The van der Waals surface area contributed by atoms with Crippen LogP contribution in [0.2, 0.25) is 0 Å². The van der Waals surface area contributed by atoms with Gasteiger partial charge >= 0.3 is 0 Å². The Bertz CT molecular complexity index is 853. The van der Waals surface area contributed by atoms with Crippen molar-refractivity contribution < 1.29 is 18.4 Å². The van der Waals surface area contributed by atoms with Gasteiger partial charge in [-0.3, -0.25) is 10.0 Å². The first kappa shape index (κ1) is 17.9. The summed E-state index contributed by atoms with van der Waals surface area (Å²) in [5.41, 5.74) is 2.82. The predicted octanol–water partition coefficient (Wildman–Crippen LogP) is 2.54. The van der Waals surface area contributed by atoms with Crippen LogP contribution in [0.25, 0.3) is 6.08 Å². The van der Waals surface area contributed by atoms with Crippen LogP contribution in [0, 0.1) is 0 Å². The van der Waals surface area contributed by atoms with Crippen molar-refractivity contribution in [1.82, 2.24) is 5.06 Å². The van der Waals surface area contributed by atoms with E-state index < -0.39 is 15.7 Å². The Kier molecular flexibility index (Phi) is 5.54. The van der Waals surface area contributed by atoms with Crippen LogP contribution in [0.1, 0.15) is 16.7 Å². The summed E-state index contributed by atoms with van der Waals surface area (Å²) in [7, 11) is -1.94. The van der Waals surface area contributed by atoms with Crippen molar-refractivity contribution in [1.29, 1.82) is 0 Å². The van der Waals surface area contributed by atoms with Gasteiger partial charge in [-0.2, -0.15) is 0 Å². The summed E-state index contributed by atoms with van der Waals surface area (Å²) in [6, 6.07) is 14.3. The van der Waals surface area contributed by atoms with Gasteiger partial charge in [-0.15, -0.1) is 0 Å². The van der Waals surface area contributed by atoms with E-state index in [1.807, 2.05) is 24.3 Å². The highest BCUT2D eigenvalue weighted by Crippen LogP contribution is 2.18. The molecule has 6 heteroatoms. The van der Waals surface area contributed by atoms with Crippen molar-refractivity contribution in [2.24, 2.45) is 0 Å². The van der Waals surface area contributed by atoms with Crippen molar-refractivity contribution in [2.75, 3.05) is 13.3 Å². The van der Waals surface area contributed by atoms with Gasteiger partial charge in [-0.05, 0) is 41.3 Å². The van der Waals surface area contributed by atoms with E-state index in [2.05, 4.69) is 0 Å². The number of hydrogen-bond donors (Lipinski definition) is 1. The lowest BCUT2D eigenvalue weighted by Gasteiger charge is -2.08. The molecule has 126 valence electrons. The molecule has 0 fully saturated rings. The second-order valence-electron chi connectivity index (χ2n) is 5.49. The molecule has 0 bridgehead atoms. The molecule has 24 heavy (non-hydrogen) atoms. The third kappa shape index (κ3) is 4.78. The van der Waals surface area contributed by atoms with Gasteiger partial charge in [-0.1, -0.05) is 36.4 Å². The number of sulfone groups is 1. The lowest BCUT2D eigenvalue weighted by molar-refractivity contribution is -0.153. The average molecular weight is 345 g/mol. The highest BCUT2D eigenvalue weighted by molar-refractivity contribution is 7.90. The van der Waals surface area contributed by atoms with Crippen molar-refractivity contribution in [2.45, 2.75) is 11.3 Å². The van der Waals surface area contributed by atoms with Crippen LogP contribution < -0.4 is 0 Å². The van der Waals surface area contributed by atoms with E-state index in [9.17, 15) is 13.2 Å². The number of hydrogen-bond acceptors (Lipinski definition) is 4. The Hall–Kier alpha value is -2.44. The van der Waals surface area contributed by atoms with E-state index in [4.69, 9.17) is 5.21 Å². The zero-order valence-corrected chi connectivity index (χ0v) is 14.3.